The van der Waals surface area contributed by atoms with Crippen molar-refractivity contribution in [1.29, 1.82) is 0 Å². The van der Waals surface area contributed by atoms with Gasteiger partial charge in [-0.2, -0.15) is 13.2 Å². The normalized spacial score (nSPS) is 19.2. The van der Waals surface area contributed by atoms with Gasteiger partial charge < -0.3 is 4.74 Å². The Hall–Kier alpha value is -2.52. The van der Waals surface area contributed by atoms with Crippen molar-refractivity contribution in [2.24, 2.45) is 10.5 Å². The lowest BCUT2D eigenvalue weighted by Gasteiger charge is -2.45. The molecule has 3 aromatic rings. The summed E-state index contributed by atoms with van der Waals surface area (Å²) in [6.45, 7) is 1.95. The lowest BCUT2D eigenvalue weighted by atomic mass is 9.67. The van der Waals surface area contributed by atoms with Crippen LogP contribution in [0.3, 0.4) is 0 Å². The Balaban J connectivity index is 1.61. The van der Waals surface area contributed by atoms with E-state index in [9.17, 15) is 13.2 Å². The second-order valence-electron chi connectivity index (χ2n) is 8.43. The number of imidazole rings is 1. The van der Waals surface area contributed by atoms with Gasteiger partial charge in [0.15, 0.2) is 0 Å². The number of hydrogen-bond acceptors (Lipinski definition) is 4. The molecule has 1 N–H and O–H groups in total. The van der Waals surface area contributed by atoms with Crippen LogP contribution in [0.5, 0.6) is 0 Å². The number of nitrogens with zero attached hydrogens (tertiary/aromatic N) is 3. The Morgan fingerprint density at radius 2 is 1.88 bits per heavy atom. The molecule has 1 saturated carbocycles. The summed E-state index contributed by atoms with van der Waals surface area (Å²) in [5.74, 6) is 0.616. The average molecular weight is 554 g/mol. The highest BCUT2D eigenvalue weighted by Gasteiger charge is 2.65. The first-order valence-corrected chi connectivity index (χ1v) is 12.1. The molecule has 0 saturated heterocycles. The quantitative estimate of drug-likeness (QED) is 0.376. The zero-order chi connectivity index (χ0) is 24.1. The Morgan fingerprint density at radius 3 is 2.47 bits per heavy atom. The topological polar surface area (TPSA) is 51.4 Å². The number of halogens is 5. The van der Waals surface area contributed by atoms with Crippen molar-refractivity contribution >= 4 is 33.4 Å². The molecule has 1 aliphatic carbocycles. The minimum absolute atomic E-state index is 0.00973. The van der Waals surface area contributed by atoms with Gasteiger partial charge in [0.05, 0.1) is 10.7 Å². The molecule has 0 radical (unpaired) electrons. The second kappa shape index (κ2) is 8.61. The lowest BCUT2D eigenvalue weighted by molar-refractivity contribution is -0.281. The van der Waals surface area contributed by atoms with E-state index in [2.05, 4.69) is 26.5 Å². The Morgan fingerprint density at radius 1 is 1.18 bits per heavy atom. The van der Waals surface area contributed by atoms with E-state index in [1.165, 1.54) is 0 Å². The van der Waals surface area contributed by atoms with Crippen LogP contribution in [0, 0.1) is 5.41 Å². The summed E-state index contributed by atoms with van der Waals surface area (Å²) in [4.78, 5) is 4.81. The standard InChI is InChI=1S/C24H21BrClF3N4O/c1-2-18-19(21-31-32-22(34-21)23(12-5-13-23)24(27,28)29)30-20(16-6-3-4-7-17(16)26)33(18)15-10-8-14(25)9-11-15/h3-4,6-11,22,32H,2,5,12-13H2,1H3. The third kappa shape index (κ3) is 3.69. The molecular formula is C24H21BrClF3N4O. The Kier molecular flexibility index (Phi) is 5.88. The van der Waals surface area contributed by atoms with Crippen LogP contribution in [-0.2, 0) is 11.2 Å². The maximum absolute atomic E-state index is 13.9. The predicted octanol–water partition coefficient (Wildman–Crippen LogP) is 6.86. The van der Waals surface area contributed by atoms with Crippen molar-refractivity contribution in [3.05, 3.63) is 69.4 Å². The van der Waals surface area contributed by atoms with E-state index in [1.54, 1.807) is 6.07 Å². The first kappa shape index (κ1) is 23.2. The molecule has 1 atom stereocenters. The van der Waals surface area contributed by atoms with Crippen LogP contribution in [0.4, 0.5) is 13.2 Å². The smallest absolute Gasteiger partial charge is 0.399 e. The van der Waals surface area contributed by atoms with Crippen LogP contribution in [0.1, 0.15) is 37.6 Å². The molecule has 10 heteroatoms. The van der Waals surface area contributed by atoms with Gasteiger partial charge in [-0.15, -0.1) is 5.10 Å². The van der Waals surface area contributed by atoms with Crippen molar-refractivity contribution in [3.63, 3.8) is 0 Å². The number of hydrazone groups is 1. The van der Waals surface area contributed by atoms with Gasteiger partial charge in [-0.3, -0.25) is 9.99 Å². The number of hydrogen-bond donors (Lipinski definition) is 1. The van der Waals surface area contributed by atoms with E-state index in [1.807, 2.05) is 54.0 Å². The predicted molar refractivity (Wildman–Crippen MR) is 128 cm³/mol. The fourth-order valence-corrected chi connectivity index (χ4v) is 5.01. The van der Waals surface area contributed by atoms with Crippen LogP contribution in [0.15, 0.2) is 58.1 Å². The molecule has 34 heavy (non-hydrogen) atoms. The summed E-state index contributed by atoms with van der Waals surface area (Å²) in [5.41, 5.74) is 3.34. The van der Waals surface area contributed by atoms with E-state index in [4.69, 9.17) is 21.3 Å². The van der Waals surface area contributed by atoms with Crippen molar-refractivity contribution in [1.82, 2.24) is 15.0 Å². The lowest BCUT2D eigenvalue weighted by Crippen LogP contribution is -2.56. The van der Waals surface area contributed by atoms with Crippen molar-refractivity contribution < 1.29 is 17.9 Å². The molecule has 5 nitrogen and oxygen atoms in total. The number of nitrogens with one attached hydrogen (secondary N) is 1. The van der Waals surface area contributed by atoms with E-state index < -0.39 is 17.8 Å². The summed E-state index contributed by atoms with van der Waals surface area (Å²) in [5, 5.41) is 4.67. The molecule has 0 spiro atoms. The van der Waals surface area contributed by atoms with E-state index in [0.717, 1.165) is 15.9 Å². The zero-order valence-corrected chi connectivity index (χ0v) is 20.5. The SMILES string of the molecule is CCc1c(C2=NNC(C3(C(F)(F)F)CCC3)O2)nc(-c2ccccc2Cl)n1-c1ccc(Br)cc1. The summed E-state index contributed by atoms with van der Waals surface area (Å²) < 4.78 is 50.3. The highest BCUT2D eigenvalue weighted by atomic mass is 79.9. The van der Waals surface area contributed by atoms with Crippen LogP contribution in [0.25, 0.3) is 17.1 Å². The molecule has 2 heterocycles. The van der Waals surface area contributed by atoms with E-state index >= 15 is 0 Å². The van der Waals surface area contributed by atoms with Crippen LogP contribution >= 0.6 is 27.5 Å². The van der Waals surface area contributed by atoms with E-state index in [-0.39, 0.29) is 18.7 Å². The first-order valence-electron chi connectivity index (χ1n) is 10.9. The van der Waals surface area contributed by atoms with Gasteiger partial charge in [0.2, 0.25) is 6.23 Å². The molecule has 1 aliphatic heterocycles. The van der Waals surface area contributed by atoms with Gasteiger partial charge in [-0.05, 0) is 55.7 Å². The Labute approximate surface area is 208 Å². The minimum Gasteiger partial charge on any atom is -0.449 e. The zero-order valence-electron chi connectivity index (χ0n) is 18.2. The molecule has 2 aliphatic rings. The second-order valence-corrected chi connectivity index (χ2v) is 9.75. The number of ether oxygens (including phenoxy) is 1. The first-order chi connectivity index (χ1) is 16.2. The summed E-state index contributed by atoms with van der Waals surface area (Å²) in [6, 6.07) is 15.0. The maximum Gasteiger partial charge on any atom is 0.399 e. The van der Waals surface area contributed by atoms with Crippen molar-refractivity contribution in [3.8, 4) is 17.1 Å². The summed E-state index contributed by atoms with van der Waals surface area (Å²) in [7, 11) is 0. The van der Waals surface area contributed by atoms with Gasteiger partial charge >= 0.3 is 6.18 Å². The highest BCUT2D eigenvalue weighted by Crippen LogP contribution is 2.56. The fraction of sp³-hybridized carbons (Fsp3) is 0.333. The molecular weight excluding hydrogens is 533 g/mol. The molecule has 0 bridgehead atoms. The maximum atomic E-state index is 13.9. The third-order valence-corrected chi connectivity index (χ3v) is 7.39. The number of aromatic nitrogens is 2. The molecule has 1 fully saturated rings. The van der Waals surface area contributed by atoms with Crippen LogP contribution in [0.2, 0.25) is 5.02 Å². The molecule has 1 aromatic heterocycles. The monoisotopic (exact) mass is 552 g/mol. The van der Waals surface area contributed by atoms with Crippen LogP contribution < -0.4 is 5.43 Å². The highest BCUT2D eigenvalue weighted by molar-refractivity contribution is 9.10. The fourth-order valence-electron chi connectivity index (χ4n) is 4.52. The largest absolute Gasteiger partial charge is 0.449 e. The molecule has 5 rings (SSSR count). The number of rotatable bonds is 5. The average Bonchev–Trinajstić information content (AvgIpc) is 3.38. The molecule has 2 aromatic carbocycles. The van der Waals surface area contributed by atoms with Gasteiger partial charge in [0.1, 0.15) is 16.9 Å². The third-order valence-electron chi connectivity index (χ3n) is 6.53. The van der Waals surface area contributed by atoms with Crippen molar-refractivity contribution in [2.45, 2.75) is 45.0 Å². The molecule has 1 unspecified atom stereocenters. The van der Waals surface area contributed by atoms with Crippen LogP contribution in [-0.4, -0.2) is 27.9 Å². The number of alkyl halides is 3. The Bertz CT molecular complexity index is 1250. The van der Waals surface area contributed by atoms with Gasteiger partial charge in [0, 0.05) is 15.7 Å². The summed E-state index contributed by atoms with van der Waals surface area (Å²) >= 11 is 9.96. The number of benzene rings is 2. The van der Waals surface area contributed by atoms with E-state index in [0.29, 0.717) is 34.9 Å². The molecule has 178 valence electrons. The van der Waals surface area contributed by atoms with Crippen molar-refractivity contribution in [2.75, 3.05) is 0 Å². The summed E-state index contributed by atoms with van der Waals surface area (Å²) in [6.07, 6.45) is -4.60. The minimum atomic E-state index is -4.39. The van der Waals surface area contributed by atoms with Gasteiger partial charge in [0.25, 0.3) is 5.90 Å². The molecule has 0 amide bonds. The van der Waals surface area contributed by atoms with Gasteiger partial charge in [-0.1, -0.05) is 53.0 Å². The van der Waals surface area contributed by atoms with Gasteiger partial charge in [-0.25, -0.2) is 4.98 Å².